The molecule has 0 fully saturated rings. The van der Waals surface area contributed by atoms with Gasteiger partial charge >= 0.3 is 11.4 Å². The van der Waals surface area contributed by atoms with E-state index in [0.717, 1.165) is 24.6 Å². The summed E-state index contributed by atoms with van der Waals surface area (Å²) < 4.78 is 1.99. The molecule has 2 rings (SSSR count). The van der Waals surface area contributed by atoms with Gasteiger partial charge in [-0.1, -0.05) is 0 Å². The Labute approximate surface area is 70.5 Å². The molecule has 1 aromatic rings. The number of aromatic nitrogens is 2. The Morgan fingerprint density at radius 3 is 3.17 bits per heavy atom. The lowest BCUT2D eigenvalue weighted by molar-refractivity contribution is -0.672. The van der Waals surface area contributed by atoms with Crippen LogP contribution in [0.3, 0.4) is 0 Å². The lowest BCUT2D eigenvalue weighted by Gasteiger charge is -2.00. The van der Waals surface area contributed by atoms with Crippen LogP contribution in [0.1, 0.15) is 5.69 Å². The van der Waals surface area contributed by atoms with Gasteiger partial charge in [0, 0.05) is 0 Å². The smallest absolute Gasteiger partial charge is 0.316 e. The molecule has 0 aromatic carbocycles. The van der Waals surface area contributed by atoms with E-state index in [-0.39, 0.29) is 5.56 Å². The van der Waals surface area contributed by atoms with Crippen LogP contribution in [0.5, 0.6) is 0 Å². The summed E-state index contributed by atoms with van der Waals surface area (Å²) in [6.45, 7) is 3.73. The van der Waals surface area contributed by atoms with Crippen LogP contribution in [0.25, 0.3) is 0 Å². The monoisotopic (exact) mass is 166 g/mol. The van der Waals surface area contributed by atoms with Crippen molar-refractivity contribution in [3.8, 4) is 0 Å². The van der Waals surface area contributed by atoms with Crippen molar-refractivity contribution in [2.24, 2.45) is 0 Å². The standard InChI is InChI=1S/C8H11N3O/c1-6-5-11-4-3-10(2)8(11)7(12)9-6/h5H,3-4H2,1-2H3/p+1. The maximum Gasteiger partial charge on any atom is 0.343 e. The highest BCUT2D eigenvalue weighted by Crippen LogP contribution is 2.03. The van der Waals surface area contributed by atoms with Crippen LogP contribution in [0.2, 0.25) is 0 Å². The number of nitrogens with zero attached hydrogens (tertiary/aromatic N) is 2. The van der Waals surface area contributed by atoms with Crippen molar-refractivity contribution in [1.29, 1.82) is 0 Å². The molecule has 64 valence electrons. The Bertz CT molecular complexity index is 369. The zero-order valence-corrected chi connectivity index (χ0v) is 7.29. The van der Waals surface area contributed by atoms with Gasteiger partial charge in [-0.25, -0.2) is 4.57 Å². The fourth-order valence-electron chi connectivity index (χ4n) is 1.62. The molecule has 1 aliphatic heterocycles. The summed E-state index contributed by atoms with van der Waals surface area (Å²) in [7, 11) is 1.93. The fourth-order valence-corrected chi connectivity index (χ4v) is 1.62. The number of aryl methyl sites for hydroxylation is 1. The SMILES string of the molecule is Cc1c[n+]2c(c(=O)[nH]1)N(C)CC2. The summed E-state index contributed by atoms with van der Waals surface area (Å²) >= 11 is 0. The minimum atomic E-state index is 0.00926. The molecule has 12 heavy (non-hydrogen) atoms. The van der Waals surface area contributed by atoms with Crippen molar-refractivity contribution in [3.63, 3.8) is 0 Å². The van der Waals surface area contributed by atoms with Gasteiger partial charge in [0.05, 0.1) is 12.7 Å². The van der Waals surface area contributed by atoms with E-state index in [2.05, 4.69) is 4.98 Å². The molecular weight excluding hydrogens is 154 g/mol. The zero-order valence-electron chi connectivity index (χ0n) is 7.29. The van der Waals surface area contributed by atoms with Gasteiger partial charge in [-0.2, -0.15) is 0 Å². The summed E-state index contributed by atoms with van der Waals surface area (Å²) in [6.07, 6.45) is 1.97. The van der Waals surface area contributed by atoms with E-state index in [4.69, 9.17) is 0 Å². The molecule has 0 aliphatic carbocycles. The average Bonchev–Trinajstić information content (AvgIpc) is 2.31. The predicted octanol–water partition coefficient (Wildman–Crippen LogP) is -0.579. The van der Waals surface area contributed by atoms with Gasteiger partial charge in [0.15, 0.2) is 0 Å². The zero-order chi connectivity index (χ0) is 8.72. The van der Waals surface area contributed by atoms with E-state index < -0.39 is 0 Å². The second-order valence-electron chi connectivity index (χ2n) is 3.20. The van der Waals surface area contributed by atoms with Crippen LogP contribution in [0.4, 0.5) is 5.82 Å². The average molecular weight is 166 g/mol. The highest BCUT2D eigenvalue weighted by Gasteiger charge is 2.27. The summed E-state index contributed by atoms with van der Waals surface area (Å²) in [6, 6.07) is 0. The number of anilines is 1. The number of hydrogen-bond donors (Lipinski definition) is 1. The van der Waals surface area contributed by atoms with E-state index in [0.29, 0.717) is 0 Å². The van der Waals surface area contributed by atoms with Gasteiger partial charge in [-0.3, -0.25) is 9.69 Å². The second kappa shape index (κ2) is 2.33. The van der Waals surface area contributed by atoms with E-state index in [1.807, 2.05) is 29.6 Å². The number of fused-ring (bicyclic) bond motifs is 1. The van der Waals surface area contributed by atoms with Crippen LogP contribution in [-0.4, -0.2) is 18.6 Å². The van der Waals surface area contributed by atoms with Crippen LogP contribution < -0.4 is 15.0 Å². The van der Waals surface area contributed by atoms with Gasteiger partial charge in [0.2, 0.25) is 0 Å². The molecule has 0 amide bonds. The van der Waals surface area contributed by atoms with E-state index in [9.17, 15) is 4.79 Å². The number of nitrogens with one attached hydrogen (secondary N) is 1. The molecule has 0 unspecified atom stereocenters. The van der Waals surface area contributed by atoms with Gasteiger partial charge in [-0.05, 0) is 6.92 Å². The first-order chi connectivity index (χ1) is 5.68. The molecule has 0 saturated heterocycles. The van der Waals surface area contributed by atoms with E-state index >= 15 is 0 Å². The molecule has 0 saturated carbocycles. The predicted molar refractivity (Wildman–Crippen MR) is 45.3 cm³/mol. The van der Waals surface area contributed by atoms with Gasteiger partial charge in [-0.15, -0.1) is 0 Å². The third kappa shape index (κ3) is 0.913. The maximum atomic E-state index is 11.4. The number of H-pyrrole nitrogens is 1. The molecular formula is C8H12N3O+. The maximum absolute atomic E-state index is 11.4. The molecule has 2 heterocycles. The number of aromatic amines is 1. The summed E-state index contributed by atoms with van der Waals surface area (Å²) in [5.74, 6) is 0.764. The van der Waals surface area contributed by atoms with Crippen LogP contribution in [-0.2, 0) is 6.54 Å². The first-order valence-electron chi connectivity index (χ1n) is 4.03. The molecule has 0 spiro atoms. The van der Waals surface area contributed by atoms with Gasteiger partial charge in [0.25, 0.3) is 0 Å². The molecule has 0 bridgehead atoms. The molecule has 1 aromatic heterocycles. The highest BCUT2D eigenvalue weighted by atomic mass is 16.1. The second-order valence-corrected chi connectivity index (χ2v) is 3.20. The number of likely N-dealkylation sites (N-methyl/N-ethyl adjacent to an activating group) is 1. The van der Waals surface area contributed by atoms with E-state index in [1.165, 1.54) is 0 Å². The third-order valence-corrected chi connectivity index (χ3v) is 2.17. The van der Waals surface area contributed by atoms with Gasteiger partial charge < -0.3 is 4.98 Å². The molecule has 0 radical (unpaired) electrons. The Morgan fingerprint density at radius 1 is 1.67 bits per heavy atom. The largest absolute Gasteiger partial charge is 0.343 e. The Balaban J connectivity index is 2.69. The molecule has 1 N–H and O–H groups in total. The topological polar surface area (TPSA) is 40.0 Å². The van der Waals surface area contributed by atoms with Gasteiger partial charge in [0.1, 0.15) is 19.3 Å². The lowest BCUT2D eigenvalue weighted by Crippen LogP contribution is -2.37. The first kappa shape index (κ1) is 7.34. The van der Waals surface area contributed by atoms with Crippen molar-refractivity contribution in [2.45, 2.75) is 13.5 Å². The molecule has 4 heteroatoms. The minimum absolute atomic E-state index is 0.00926. The van der Waals surface area contributed by atoms with Crippen molar-refractivity contribution in [2.75, 3.05) is 18.5 Å². The number of rotatable bonds is 0. The highest BCUT2D eigenvalue weighted by molar-refractivity contribution is 5.30. The fraction of sp³-hybridized carbons (Fsp3) is 0.500. The van der Waals surface area contributed by atoms with Crippen molar-refractivity contribution in [3.05, 3.63) is 22.2 Å². The number of hydrogen-bond acceptors (Lipinski definition) is 2. The van der Waals surface area contributed by atoms with E-state index in [1.54, 1.807) is 0 Å². The Hall–Kier alpha value is -1.32. The molecule has 4 nitrogen and oxygen atoms in total. The van der Waals surface area contributed by atoms with Crippen LogP contribution >= 0.6 is 0 Å². The third-order valence-electron chi connectivity index (χ3n) is 2.17. The minimum Gasteiger partial charge on any atom is -0.316 e. The quantitative estimate of drug-likeness (QED) is 0.524. The summed E-state index contributed by atoms with van der Waals surface area (Å²) in [5.41, 5.74) is 0.925. The summed E-state index contributed by atoms with van der Waals surface area (Å²) in [5, 5.41) is 0. The summed E-state index contributed by atoms with van der Waals surface area (Å²) in [4.78, 5) is 16.2. The van der Waals surface area contributed by atoms with Crippen molar-refractivity contribution >= 4 is 5.82 Å². The lowest BCUT2D eigenvalue weighted by atomic mass is 10.5. The molecule has 1 aliphatic rings. The van der Waals surface area contributed by atoms with Crippen molar-refractivity contribution < 1.29 is 4.57 Å². The molecule has 0 atom stereocenters. The van der Waals surface area contributed by atoms with Crippen LogP contribution in [0, 0.1) is 6.92 Å². The first-order valence-corrected chi connectivity index (χ1v) is 4.03. The van der Waals surface area contributed by atoms with Crippen molar-refractivity contribution in [1.82, 2.24) is 4.98 Å². The normalized spacial score (nSPS) is 15.0. The Kier molecular flexibility index (Phi) is 1.43. The van der Waals surface area contributed by atoms with Crippen LogP contribution in [0.15, 0.2) is 11.0 Å². The Morgan fingerprint density at radius 2 is 2.42 bits per heavy atom.